The van der Waals surface area contributed by atoms with E-state index in [0.717, 1.165) is 18.6 Å². The quantitative estimate of drug-likeness (QED) is 0.552. The molecule has 1 atom stereocenters. The molecule has 0 aliphatic heterocycles. The maximum absolute atomic E-state index is 7.41. The van der Waals surface area contributed by atoms with Crippen molar-refractivity contribution in [2.75, 3.05) is 6.54 Å². The molecule has 0 radical (unpaired) electrons. The molecule has 0 saturated heterocycles. The van der Waals surface area contributed by atoms with Crippen LogP contribution in [0, 0.1) is 11.3 Å². The molecule has 0 aromatic carbocycles. The number of nitrogens with two attached hydrogens (primary N) is 1. The summed E-state index contributed by atoms with van der Waals surface area (Å²) < 4.78 is 0. The van der Waals surface area contributed by atoms with Crippen LogP contribution in [0.3, 0.4) is 0 Å². The lowest BCUT2D eigenvalue weighted by molar-refractivity contribution is 0.662. The molecule has 0 saturated carbocycles. The zero-order valence-electron chi connectivity index (χ0n) is 6.28. The minimum absolute atomic E-state index is 0.329. The van der Waals surface area contributed by atoms with Gasteiger partial charge in [0.15, 0.2) is 0 Å². The molecule has 0 spiro atoms. The van der Waals surface area contributed by atoms with E-state index in [0.29, 0.717) is 12.5 Å². The topological polar surface area (TPSA) is 49.9 Å². The first kappa shape index (κ1) is 8.63. The van der Waals surface area contributed by atoms with Gasteiger partial charge in [0.2, 0.25) is 0 Å². The number of rotatable bonds is 4. The van der Waals surface area contributed by atoms with Gasteiger partial charge in [-0.25, -0.2) is 0 Å². The van der Waals surface area contributed by atoms with Gasteiger partial charge in [-0.15, -0.1) is 0 Å². The zero-order chi connectivity index (χ0) is 7.28. The van der Waals surface area contributed by atoms with Crippen molar-refractivity contribution < 1.29 is 0 Å². The lowest BCUT2D eigenvalue weighted by Crippen LogP contribution is -2.21. The molecule has 54 valence electrons. The predicted molar refractivity (Wildman–Crippen MR) is 40.9 cm³/mol. The van der Waals surface area contributed by atoms with Crippen LogP contribution in [0.1, 0.15) is 26.7 Å². The van der Waals surface area contributed by atoms with Crippen LogP contribution in [0.25, 0.3) is 0 Å². The predicted octanol–water partition coefficient (Wildman–Crippen LogP) is 1.40. The minimum Gasteiger partial charge on any atom is -0.330 e. The molecule has 0 aliphatic rings. The lowest BCUT2D eigenvalue weighted by Gasteiger charge is -2.10. The molecule has 0 rings (SSSR count). The molecule has 0 aliphatic carbocycles. The summed E-state index contributed by atoms with van der Waals surface area (Å²) in [4.78, 5) is 0. The molecule has 3 N–H and O–H groups in total. The van der Waals surface area contributed by atoms with E-state index in [1.54, 1.807) is 0 Å². The first-order valence-corrected chi connectivity index (χ1v) is 3.53. The molecule has 0 bridgehead atoms. The van der Waals surface area contributed by atoms with Crippen LogP contribution in [0.15, 0.2) is 0 Å². The van der Waals surface area contributed by atoms with Gasteiger partial charge >= 0.3 is 0 Å². The highest BCUT2D eigenvalue weighted by Crippen LogP contribution is 2.03. The van der Waals surface area contributed by atoms with E-state index < -0.39 is 0 Å². The first-order valence-electron chi connectivity index (χ1n) is 3.53. The van der Waals surface area contributed by atoms with Gasteiger partial charge in [-0.1, -0.05) is 13.8 Å². The standard InChI is InChI=1S/C7H16N2/c1-3-6(5-8)7(9)4-2/h6,9H,3-5,8H2,1-2H3. The average Bonchev–Trinajstić information content (AvgIpc) is 1.90. The fourth-order valence-corrected chi connectivity index (χ4v) is 0.844. The first-order chi connectivity index (χ1) is 4.26. The molecule has 1 unspecified atom stereocenters. The smallest absolute Gasteiger partial charge is 0.0130 e. The Bertz CT molecular complexity index is 84.9. The Labute approximate surface area is 57.0 Å². The van der Waals surface area contributed by atoms with E-state index in [1.165, 1.54) is 0 Å². The van der Waals surface area contributed by atoms with E-state index in [1.807, 2.05) is 6.92 Å². The third-order valence-electron chi connectivity index (χ3n) is 1.65. The minimum atomic E-state index is 0.329. The maximum Gasteiger partial charge on any atom is 0.0130 e. The summed E-state index contributed by atoms with van der Waals surface area (Å²) in [7, 11) is 0. The summed E-state index contributed by atoms with van der Waals surface area (Å²) in [6.07, 6.45) is 1.85. The number of hydrogen-bond donors (Lipinski definition) is 2. The summed E-state index contributed by atoms with van der Waals surface area (Å²) in [5, 5.41) is 7.41. The second kappa shape index (κ2) is 4.50. The van der Waals surface area contributed by atoms with Crippen molar-refractivity contribution >= 4 is 5.71 Å². The van der Waals surface area contributed by atoms with Crippen molar-refractivity contribution in [2.45, 2.75) is 26.7 Å². The van der Waals surface area contributed by atoms with Crippen LogP contribution in [0.4, 0.5) is 0 Å². The fourth-order valence-electron chi connectivity index (χ4n) is 0.844. The summed E-state index contributed by atoms with van der Waals surface area (Å²) in [5.41, 5.74) is 6.21. The SMILES string of the molecule is CCC(=N)C(CC)CN. The number of hydrogen-bond acceptors (Lipinski definition) is 2. The monoisotopic (exact) mass is 128 g/mol. The van der Waals surface area contributed by atoms with Gasteiger partial charge in [-0.2, -0.15) is 0 Å². The molecule has 2 nitrogen and oxygen atoms in total. The van der Waals surface area contributed by atoms with Crippen molar-refractivity contribution in [1.29, 1.82) is 5.41 Å². The normalized spacial score (nSPS) is 13.2. The van der Waals surface area contributed by atoms with E-state index >= 15 is 0 Å². The Hall–Kier alpha value is -0.370. The van der Waals surface area contributed by atoms with Crippen molar-refractivity contribution in [1.82, 2.24) is 0 Å². The Morgan fingerprint density at radius 2 is 2.11 bits per heavy atom. The highest BCUT2D eigenvalue weighted by molar-refractivity contribution is 5.83. The average molecular weight is 128 g/mol. The Kier molecular flexibility index (Phi) is 4.32. The molecule has 0 fully saturated rings. The molecule has 0 heterocycles. The molecule has 2 heteroatoms. The van der Waals surface area contributed by atoms with Crippen molar-refractivity contribution in [3.05, 3.63) is 0 Å². The molecule has 0 aromatic heterocycles. The second-order valence-electron chi connectivity index (χ2n) is 2.22. The van der Waals surface area contributed by atoms with Gasteiger partial charge in [-0.05, 0) is 12.8 Å². The van der Waals surface area contributed by atoms with Gasteiger partial charge in [0, 0.05) is 18.2 Å². The fraction of sp³-hybridized carbons (Fsp3) is 0.857. The Morgan fingerprint density at radius 3 is 2.22 bits per heavy atom. The summed E-state index contributed by atoms with van der Waals surface area (Å²) >= 11 is 0. The van der Waals surface area contributed by atoms with Crippen molar-refractivity contribution in [2.24, 2.45) is 11.7 Å². The Morgan fingerprint density at radius 1 is 1.56 bits per heavy atom. The van der Waals surface area contributed by atoms with Crippen LogP contribution < -0.4 is 5.73 Å². The van der Waals surface area contributed by atoms with E-state index in [2.05, 4.69) is 6.92 Å². The summed E-state index contributed by atoms with van der Waals surface area (Å²) in [6.45, 7) is 4.70. The van der Waals surface area contributed by atoms with Gasteiger partial charge in [0.1, 0.15) is 0 Å². The molecule has 9 heavy (non-hydrogen) atoms. The van der Waals surface area contributed by atoms with Crippen LogP contribution in [-0.4, -0.2) is 12.3 Å². The summed E-state index contributed by atoms with van der Waals surface area (Å²) in [5.74, 6) is 0.329. The lowest BCUT2D eigenvalue weighted by atomic mass is 9.99. The van der Waals surface area contributed by atoms with Crippen molar-refractivity contribution in [3.8, 4) is 0 Å². The third-order valence-corrected chi connectivity index (χ3v) is 1.65. The van der Waals surface area contributed by atoms with Crippen LogP contribution in [-0.2, 0) is 0 Å². The van der Waals surface area contributed by atoms with E-state index in [4.69, 9.17) is 11.1 Å². The van der Waals surface area contributed by atoms with Gasteiger partial charge in [0.25, 0.3) is 0 Å². The van der Waals surface area contributed by atoms with Crippen LogP contribution in [0.5, 0.6) is 0 Å². The summed E-state index contributed by atoms with van der Waals surface area (Å²) in [6, 6.07) is 0. The van der Waals surface area contributed by atoms with E-state index in [9.17, 15) is 0 Å². The molecule has 0 amide bonds. The number of nitrogens with one attached hydrogen (secondary N) is 1. The molecule has 0 aromatic rings. The Balaban J connectivity index is 3.64. The largest absolute Gasteiger partial charge is 0.330 e. The van der Waals surface area contributed by atoms with Gasteiger partial charge < -0.3 is 11.1 Å². The van der Waals surface area contributed by atoms with Gasteiger partial charge in [-0.3, -0.25) is 0 Å². The highest BCUT2D eigenvalue weighted by atomic mass is 14.6. The van der Waals surface area contributed by atoms with Gasteiger partial charge in [0.05, 0.1) is 0 Å². The third kappa shape index (κ3) is 2.61. The van der Waals surface area contributed by atoms with E-state index in [-0.39, 0.29) is 0 Å². The second-order valence-corrected chi connectivity index (χ2v) is 2.22. The van der Waals surface area contributed by atoms with Crippen molar-refractivity contribution in [3.63, 3.8) is 0 Å². The highest BCUT2D eigenvalue weighted by Gasteiger charge is 2.06. The van der Waals surface area contributed by atoms with Crippen LogP contribution in [0.2, 0.25) is 0 Å². The maximum atomic E-state index is 7.41. The molecular formula is C7H16N2. The molecular weight excluding hydrogens is 112 g/mol. The van der Waals surface area contributed by atoms with Crippen LogP contribution >= 0.6 is 0 Å². The zero-order valence-corrected chi connectivity index (χ0v) is 6.28.